The minimum Gasteiger partial charge on any atom is -0.312 e. The van der Waals surface area contributed by atoms with E-state index in [-0.39, 0.29) is 0 Å². The lowest BCUT2D eigenvalue weighted by Crippen LogP contribution is -2.35. The van der Waals surface area contributed by atoms with Crippen LogP contribution in [0.3, 0.4) is 0 Å². The first-order chi connectivity index (χ1) is 7.03. The Bertz CT molecular complexity index is 182. The van der Waals surface area contributed by atoms with Crippen LogP contribution in [0.2, 0.25) is 0 Å². The lowest BCUT2D eigenvalue weighted by atomic mass is 10.2. The van der Waals surface area contributed by atoms with Crippen LogP contribution in [0.15, 0.2) is 0 Å². The summed E-state index contributed by atoms with van der Waals surface area (Å²) in [6.45, 7) is 2.27. The zero-order valence-corrected chi connectivity index (χ0v) is 9.03. The molecule has 0 bridgehead atoms. The van der Waals surface area contributed by atoms with Crippen LogP contribution < -0.4 is 10.6 Å². The third kappa shape index (κ3) is 5.99. The maximum atomic E-state index is 11.7. The summed E-state index contributed by atoms with van der Waals surface area (Å²) in [5.74, 6) is 0.762. The topological polar surface area (TPSA) is 24.1 Å². The molecule has 1 aliphatic carbocycles. The van der Waals surface area contributed by atoms with Crippen molar-refractivity contribution in [1.29, 1.82) is 0 Å². The highest BCUT2D eigenvalue weighted by Gasteiger charge is 2.35. The summed E-state index contributed by atoms with van der Waals surface area (Å²) >= 11 is 0. The van der Waals surface area contributed by atoms with E-state index >= 15 is 0 Å². The lowest BCUT2D eigenvalue weighted by molar-refractivity contribution is -0.124. The van der Waals surface area contributed by atoms with Gasteiger partial charge in [-0.3, -0.25) is 0 Å². The number of hydrogen-bond donors (Lipinski definition) is 2. The fourth-order valence-electron chi connectivity index (χ4n) is 1.76. The first-order valence-corrected chi connectivity index (χ1v) is 5.54. The normalized spacial score (nSPS) is 25.6. The molecule has 1 fully saturated rings. The Balaban J connectivity index is 1.87. The van der Waals surface area contributed by atoms with Gasteiger partial charge < -0.3 is 10.6 Å². The highest BCUT2D eigenvalue weighted by molar-refractivity contribution is 4.92. The fourth-order valence-corrected chi connectivity index (χ4v) is 1.76. The Morgan fingerprint density at radius 1 is 1.27 bits per heavy atom. The molecule has 0 aromatic carbocycles. The first kappa shape index (κ1) is 12.8. The van der Waals surface area contributed by atoms with Crippen LogP contribution in [-0.4, -0.2) is 31.9 Å². The van der Waals surface area contributed by atoms with Crippen molar-refractivity contribution in [2.24, 2.45) is 5.92 Å². The third-order valence-corrected chi connectivity index (χ3v) is 2.62. The maximum absolute atomic E-state index is 11.7. The van der Waals surface area contributed by atoms with E-state index in [4.69, 9.17) is 0 Å². The standard InChI is InChI=1S/C10H19F3N2/c1-2-3-8-6-9(8)15-5-4-14-7-10(11,12)13/h8-9,14-15H,2-7H2,1H3. The van der Waals surface area contributed by atoms with Crippen LogP contribution in [0.1, 0.15) is 26.2 Å². The second kappa shape index (κ2) is 5.70. The average Bonchev–Trinajstić information content (AvgIpc) is 2.82. The number of halogens is 3. The molecule has 0 radical (unpaired) electrons. The number of nitrogens with one attached hydrogen (secondary N) is 2. The summed E-state index contributed by atoms with van der Waals surface area (Å²) in [4.78, 5) is 0. The molecule has 0 saturated heterocycles. The zero-order chi connectivity index (χ0) is 11.3. The molecule has 90 valence electrons. The molecule has 2 N–H and O–H groups in total. The van der Waals surface area contributed by atoms with Gasteiger partial charge in [0, 0.05) is 19.1 Å². The van der Waals surface area contributed by atoms with Gasteiger partial charge in [0.2, 0.25) is 0 Å². The first-order valence-electron chi connectivity index (χ1n) is 5.54. The highest BCUT2D eigenvalue weighted by Crippen LogP contribution is 2.34. The van der Waals surface area contributed by atoms with Gasteiger partial charge in [0.1, 0.15) is 0 Å². The minimum atomic E-state index is -4.09. The Morgan fingerprint density at radius 2 is 2.00 bits per heavy atom. The minimum absolute atomic E-state index is 0.384. The number of hydrogen-bond acceptors (Lipinski definition) is 2. The van der Waals surface area contributed by atoms with Crippen LogP contribution in [0.4, 0.5) is 13.2 Å². The third-order valence-electron chi connectivity index (χ3n) is 2.62. The predicted octanol–water partition coefficient (Wildman–Crippen LogP) is 1.92. The van der Waals surface area contributed by atoms with Gasteiger partial charge in [0.05, 0.1) is 6.54 Å². The summed E-state index contributed by atoms with van der Waals surface area (Å²) in [6.07, 6.45) is -0.486. The molecule has 5 heteroatoms. The monoisotopic (exact) mass is 224 g/mol. The molecule has 1 rings (SSSR count). The molecular weight excluding hydrogens is 205 g/mol. The van der Waals surface area contributed by atoms with Crippen LogP contribution >= 0.6 is 0 Å². The molecule has 2 nitrogen and oxygen atoms in total. The van der Waals surface area contributed by atoms with E-state index < -0.39 is 12.7 Å². The maximum Gasteiger partial charge on any atom is 0.401 e. The van der Waals surface area contributed by atoms with Crippen LogP contribution in [0, 0.1) is 5.92 Å². The van der Waals surface area contributed by atoms with Gasteiger partial charge >= 0.3 is 6.18 Å². The second-order valence-electron chi connectivity index (χ2n) is 4.14. The quantitative estimate of drug-likeness (QED) is 0.646. The largest absolute Gasteiger partial charge is 0.401 e. The van der Waals surface area contributed by atoms with Crippen molar-refractivity contribution >= 4 is 0 Å². The summed E-state index contributed by atoms with van der Waals surface area (Å²) in [6, 6.07) is 0.553. The Labute approximate surface area is 88.6 Å². The highest BCUT2D eigenvalue weighted by atomic mass is 19.4. The number of alkyl halides is 3. The zero-order valence-electron chi connectivity index (χ0n) is 9.03. The molecule has 2 atom stereocenters. The van der Waals surface area contributed by atoms with E-state index in [0.717, 1.165) is 5.92 Å². The molecule has 0 aromatic heterocycles. The van der Waals surface area contributed by atoms with Crippen molar-refractivity contribution in [1.82, 2.24) is 10.6 Å². The van der Waals surface area contributed by atoms with Gasteiger partial charge in [-0.2, -0.15) is 13.2 Å². The van der Waals surface area contributed by atoms with E-state index in [1.807, 2.05) is 0 Å². The second-order valence-corrected chi connectivity index (χ2v) is 4.14. The van der Waals surface area contributed by atoms with E-state index in [0.29, 0.717) is 19.1 Å². The van der Waals surface area contributed by atoms with Gasteiger partial charge in [0.15, 0.2) is 0 Å². The van der Waals surface area contributed by atoms with Crippen LogP contribution in [-0.2, 0) is 0 Å². The van der Waals surface area contributed by atoms with Crippen LogP contribution in [0.25, 0.3) is 0 Å². The molecule has 1 aliphatic rings. The number of rotatable bonds is 7. The fraction of sp³-hybridized carbons (Fsp3) is 1.00. The van der Waals surface area contributed by atoms with E-state index in [1.165, 1.54) is 19.3 Å². The van der Waals surface area contributed by atoms with Crippen molar-refractivity contribution in [2.45, 2.75) is 38.4 Å². The van der Waals surface area contributed by atoms with Crippen molar-refractivity contribution in [3.63, 3.8) is 0 Å². The van der Waals surface area contributed by atoms with Gasteiger partial charge in [0.25, 0.3) is 0 Å². The molecule has 2 unspecified atom stereocenters. The van der Waals surface area contributed by atoms with Gasteiger partial charge in [-0.05, 0) is 18.8 Å². The Hall–Kier alpha value is -0.290. The summed E-state index contributed by atoms with van der Waals surface area (Å²) in [7, 11) is 0. The van der Waals surface area contributed by atoms with E-state index in [2.05, 4.69) is 17.6 Å². The van der Waals surface area contributed by atoms with Crippen molar-refractivity contribution in [2.75, 3.05) is 19.6 Å². The van der Waals surface area contributed by atoms with Gasteiger partial charge in [-0.25, -0.2) is 0 Å². The van der Waals surface area contributed by atoms with Crippen LogP contribution in [0.5, 0.6) is 0 Å². The SMILES string of the molecule is CCCC1CC1NCCNCC(F)(F)F. The van der Waals surface area contributed by atoms with E-state index in [1.54, 1.807) is 0 Å². The predicted molar refractivity (Wildman–Crippen MR) is 53.7 cm³/mol. The average molecular weight is 224 g/mol. The Morgan fingerprint density at radius 3 is 2.60 bits per heavy atom. The smallest absolute Gasteiger partial charge is 0.312 e. The lowest BCUT2D eigenvalue weighted by Gasteiger charge is -2.08. The summed E-state index contributed by atoms with van der Waals surface area (Å²) in [5, 5.41) is 5.62. The summed E-state index contributed by atoms with van der Waals surface area (Å²) in [5.41, 5.74) is 0. The van der Waals surface area contributed by atoms with Crippen molar-refractivity contribution in [3.8, 4) is 0 Å². The van der Waals surface area contributed by atoms with Crippen molar-refractivity contribution < 1.29 is 13.2 Å². The molecule has 0 heterocycles. The molecular formula is C10H19F3N2. The molecule has 0 spiro atoms. The molecule has 0 aromatic rings. The van der Waals surface area contributed by atoms with Gasteiger partial charge in [-0.1, -0.05) is 13.3 Å². The molecule has 0 aliphatic heterocycles. The molecule has 15 heavy (non-hydrogen) atoms. The van der Waals surface area contributed by atoms with E-state index in [9.17, 15) is 13.2 Å². The van der Waals surface area contributed by atoms with Gasteiger partial charge in [-0.15, -0.1) is 0 Å². The Kier molecular flexibility index (Phi) is 4.86. The molecule has 1 saturated carbocycles. The summed E-state index contributed by atoms with van der Waals surface area (Å²) < 4.78 is 35.2. The molecule has 0 amide bonds. The van der Waals surface area contributed by atoms with Crippen molar-refractivity contribution in [3.05, 3.63) is 0 Å².